The zero-order valence-corrected chi connectivity index (χ0v) is 16.1. The number of carboxylic acids is 1. The summed E-state index contributed by atoms with van der Waals surface area (Å²) in [6.07, 6.45) is 1.37. The summed E-state index contributed by atoms with van der Waals surface area (Å²) in [5.41, 5.74) is 10.8. The van der Waals surface area contributed by atoms with E-state index in [2.05, 4.69) is 24.3 Å². The first-order valence-electron chi connectivity index (χ1n) is 9.77. The molecular formula is C23H27NO4. The van der Waals surface area contributed by atoms with Crippen molar-refractivity contribution >= 4 is 11.9 Å². The molecule has 2 aromatic rings. The number of benzene rings is 2. The Labute approximate surface area is 165 Å². The van der Waals surface area contributed by atoms with Gasteiger partial charge in [0.1, 0.15) is 6.61 Å². The van der Waals surface area contributed by atoms with Gasteiger partial charge in [-0.2, -0.15) is 0 Å². The highest BCUT2D eigenvalue weighted by molar-refractivity contribution is 5.79. The van der Waals surface area contributed by atoms with Gasteiger partial charge in [0.05, 0.1) is 0 Å². The number of aliphatic carboxylic acids is 1. The maximum Gasteiger partial charge on any atom is 0.306 e. The molecule has 2 aromatic carbocycles. The topological polar surface area (TPSA) is 89.6 Å². The standard InChI is InChI=1S/C23H27NO4/c1-15(12-16(24)10-11-22(25)26)13-23(27)28-14-21-19-8-4-2-6-17(19)18-7-3-5-9-20(18)21/h2-9,15-16,21H,10-14,24H2,1H3,(H,25,26). The quantitative estimate of drug-likeness (QED) is 0.642. The minimum Gasteiger partial charge on any atom is -0.481 e. The summed E-state index contributed by atoms with van der Waals surface area (Å²) in [6, 6.07) is 16.3. The summed E-state index contributed by atoms with van der Waals surface area (Å²) in [5.74, 6) is -0.969. The van der Waals surface area contributed by atoms with E-state index in [4.69, 9.17) is 15.6 Å². The lowest BCUT2D eigenvalue weighted by Crippen LogP contribution is -2.25. The summed E-state index contributed by atoms with van der Waals surface area (Å²) in [7, 11) is 0. The number of rotatable bonds is 9. The summed E-state index contributed by atoms with van der Waals surface area (Å²) in [4.78, 5) is 22.9. The van der Waals surface area contributed by atoms with Crippen molar-refractivity contribution in [1.29, 1.82) is 0 Å². The van der Waals surface area contributed by atoms with Crippen molar-refractivity contribution in [3.63, 3.8) is 0 Å². The van der Waals surface area contributed by atoms with Crippen molar-refractivity contribution in [2.45, 2.75) is 44.6 Å². The Balaban J connectivity index is 1.54. The maximum atomic E-state index is 12.3. The predicted octanol–water partition coefficient (Wildman–Crippen LogP) is 3.95. The molecule has 0 fully saturated rings. The molecule has 0 amide bonds. The van der Waals surface area contributed by atoms with E-state index in [9.17, 15) is 9.59 Å². The number of carbonyl (C=O) groups excluding carboxylic acids is 1. The molecule has 5 nitrogen and oxygen atoms in total. The summed E-state index contributed by atoms with van der Waals surface area (Å²) in [5, 5.41) is 8.73. The van der Waals surface area contributed by atoms with Crippen molar-refractivity contribution in [3.05, 3.63) is 59.7 Å². The zero-order chi connectivity index (χ0) is 20.1. The maximum absolute atomic E-state index is 12.3. The van der Waals surface area contributed by atoms with E-state index in [1.165, 1.54) is 22.3 Å². The lowest BCUT2D eigenvalue weighted by Gasteiger charge is -2.18. The van der Waals surface area contributed by atoms with Crippen LogP contribution in [0.1, 0.15) is 49.7 Å². The Morgan fingerprint density at radius 2 is 1.64 bits per heavy atom. The van der Waals surface area contributed by atoms with Gasteiger partial charge in [-0.3, -0.25) is 9.59 Å². The lowest BCUT2D eigenvalue weighted by molar-refractivity contribution is -0.145. The van der Waals surface area contributed by atoms with Crippen LogP contribution in [-0.2, 0) is 14.3 Å². The molecular weight excluding hydrogens is 354 g/mol. The molecule has 0 spiro atoms. The third-order valence-electron chi connectivity index (χ3n) is 5.32. The summed E-state index contributed by atoms with van der Waals surface area (Å²) < 4.78 is 5.62. The molecule has 0 radical (unpaired) electrons. The predicted molar refractivity (Wildman–Crippen MR) is 108 cm³/mol. The van der Waals surface area contributed by atoms with E-state index in [0.29, 0.717) is 19.4 Å². The van der Waals surface area contributed by atoms with Crippen molar-refractivity contribution in [1.82, 2.24) is 0 Å². The smallest absolute Gasteiger partial charge is 0.306 e. The van der Waals surface area contributed by atoms with Gasteiger partial charge in [0, 0.05) is 24.8 Å². The number of hydrogen-bond acceptors (Lipinski definition) is 4. The van der Waals surface area contributed by atoms with Crippen LogP contribution in [-0.4, -0.2) is 29.7 Å². The van der Waals surface area contributed by atoms with E-state index >= 15 is 0 Å². The van der Waals surface area contributed by atoms with Crippen LogP contribution in [0.3, 0.4) is 0 Å². The fourth-order valence-electron chi connectivity index (χ4n) is 3.99. The largest absolute Gasteiger partial charge is 0.481 e. The molecule has 3 N–H and O–H groups in total. The molecule has 1 aliphatic rings. The van der Waals surface area contributed by atoms with Crippen LogP contribution in [0.5, 0.6) is 0 Å². The molecule has 2 unspecified atom stereocenters. The van der Waals surface area contributed by atoms with Gasteiger partial charge >= 0.3 is 11.9 Å². The first-order chi connectivity index (χ1) is 13.5. The van der Waals surface area contributed by atoms with Crippen molar-refractivity contribution < 1.29 is 19.4 Å². The fraction of sp³-hybridized carbons (Fsp3) is 0.391. The molecule has 0 aliphatic heterocycles. The normalized spacial score (nSPS) is 14.8. The Hall–Kier alpha value is -2.66. The van der Waals surface area contributed by atoms with E-state index in [0.717, 1.165) is 0 Å². The Kier molecular flexibility index (Phi) is 6.47. The average molecular weight is 381 g/mol. The second-order valence-electron chi connectivity index (χ2n) is 7.65. The molecule has 3 rings (SSSR count). The number of fused-ring (bicyclic) bond motifs is 3. The van der Waals surface area contributed by atoms with Gasteiger partial charge in [-0.1, -0.05) is 55.5 Å². The van der Waals surface area contributed by atoms with Crippen LogP contribution in [0.4, 0.5) is 0 Å². The molecule has 148 valence electrons. The summed E-state index contributed by atoms with van der Waals surface area (Å²) in [6.45, 7) is 2.27. The van der Waals surface area contributed by atoms with Crippen LogP contribution in [0.25, 0.3) is 11.1 Å². The van der Waals surface area contributed by atoms with Crippen molar-refractivity contribution in [2.24, 2.45) is 11.7 Å². The molecule has 0 bridgehead atoms. The van der Waals surface area contributed by atoms with Crippen molar-refractivity contribution in [2.75, 3.05) is 6.61 Å². The number of carbonyl (C=O) groups is 2. The van der Waals surface area contributed by atoms with Gasteiger partial charge in [-0.05, 0) is 41.0 Å². The minimum absolute atomic E-state index is 0.0544. The van der Waals surface area contributed by atoms with Crippen LogP contribution < -0.4 is 5.73 Å². The zero-order valence-electron chi connectivity index (χ0n) is 16.1. The van der Waals surface area contributed by atoms with Crippen LogP contribution in [0.2, 0.25) is 0 Å². The highest BCUT2D eigenvalue weighted by Gasteiger charge is 2.29. The molecule has 28 heavy (non-hydrogen) atoms. The van der Waals surface area contributed by atoms with Gasteiger partial charge in [0.25, 0.3) is 0 Å². The van der Waals surface area contributed by atoms with Crippen molar-refractivity contribution in [3.8, 4) is 11.1 Å². The Bertz CT molecular complexity index is 803. The lowest BCUT2D eigenvalue weighted by atomic mass is 9.96. The van der Waals surface area contributed by atoms with Gasteiger partial charge in [0.15, 0.2) is 0 Å². The number of esters is 1. The Morgan fingerprint density at radius 1 is 1.07 bits per heavy atom. The molecule has 2 atom stereocenters. The van der Waals surface area contributed by atoms with E-state index in [-0.39, 0.29) is 36.7 Å². The molecule has 1 aliphatic carbocycles. The van der Waals surface area contributed by atoms with Gasteiger partial charge < -0.3 is 15.6 Å². The first-order valence-corrected chi connectivity index (χ1v) is 9.77. The summed E-state index contributed by atoms with van der Waals surface area (Å²) >= 11 is 0. The number of nitrogens with two attached hydrogens (primary N) is 1. The third-order valence-corrected chi connectivity index (χ3v) is 5.32. The second-order valence-corrected chi connectivity index (χ2v) is 7.65. The molecule has 0 aromatic heterocycles. The molecule has 0 saturated carbocycles. The highest BCUT2D eigenvalue weighted by atomic mass is 16.5. The minimum atomic E-state index is -0.848. The molecule has 5 heteroatoms. The third kappa shape index (κ3) is 4.78. The SMILES string of the molecule is CC(CC(=O)OCC1c2ccccc2-c2ccccc21)CC(N)CCC(=O)O. The molecule has 0 heterocycles. The van der Waals surface area contributed by atoms with E-state index in [1.807, 2.05) is 31.2 Å². The first kappa shape index (κ1) is 20.1. The van der Waals surface area contributed by atoms with Gasteiger partial charge in [-0.25, -0.2) is 0 Å². The van der Waals surface area contributed by atoms with E-state index in [1.54, 1.807) is 0 Å². The van der Waals surface area contributed by atoms with Gasteiger partial charge in [-0.15, -0.1) is 0 Å². The highest BCUT2D eigenvalue weighted by Crippen LogP contribution is 2.44. The van der Waals surface area contributed by atoms with Crippen LogP contribution in [0, 0.1) is 5.92 Å². The number of carboxylic acid groups (broad SMARTS) is 1. The van der Waals surface area contributed by atoms with Crippen LogP contribution in [0.15, 0.2) is 48.5 Å². The Morgan fingerprint density at radius 3 is 2.21 bits per heavy atom. The average Bonchev–Trinajstić information content (AvgIpc) is 2.98. The van der Waals surface area contributed by atoms with E-state index < -0.39 is 5.97 Å². The van der Waals surface area contributed by atoms with Gasteiger partial charge in [0.2, 0.25) is 0 Å². The monoisotopic (exact) mass is 381 g/mol. The number of ether oxygens (including phenoxy) is 1. The fourth-order valence-corrected chi connectivity index (χ4v) is 3.99. The second kappa shape index (κ2) is 9.02. The number of hydrogen-bond donors (Lipinski definition) is 2. The molecule has 0 saturated heterocycles. The van der Waals surface area contributed by atoms with Crippen LogP contribution >= 0.6 is 0 Å².